The van der Waals surface area contributed by atoms with Crippen molar-refractivity contribution in [3.63, 3.8) is 0 Å². The molecular weight excluding hydrogens is 230 g/mol. The Kier molecular flexibility index (Phi) is 3.50. The Bertz CT molecular complexity index is 357. The van der Waals surface area contributed by atoms with Crippen LogP contribution in [0.5, 0.6) is 0 Å². The summed E-state index contributed by atoms with van der Waals surface area (Å²) in [6, 6.07) is 0. The van der Waals surface area contributed by atoms with E-state index in [1.807, 2.05) is 11.8 Å². The second kappa shape index (κ2) is 4.78. The van der Waals surface area contributed by atoms with E-state index in [2.05, 4.69) is 12.1 Å². The molecule has 102 valence electrons. The highest BCUT2D eigenvalue weighted by molar-refractivity contribution is 6.07. The maximum atomic E-state index is 12.6. The van der Waals surface area contributed by atoms with Crippen LogP contribution in [0.3, 0.4) is 0 Å². The molecule has 5 nitrogen and oxygen atoms in total. The van der Waals surface area contributed by atoms with Crippen LogP contribution < -0.4 is 5.73 Å². The lowest BCUT2D eigenvalue weighted by atomic mass is 9.61. The molecule has 0 spiro atoms. The van der Waals surface area contributed by atoms with E-state index >= 15 is 0 Å². The van der Waals surface area contributed by atoms with E-state index in [1.54, 1.807) is 0 Å². The molecular formula is C13H23N3O2. The quantitative estimate of drug-likeness (QED) is 0.336. The van der Waals surface area contributed by atoms with Gasteiger partial charge in [-0.1, -0.05) is 12.1 Å². The van der Waals surface area contributed by atoms with Crippen molar-refractivity contribution in [3.8, 4) is 0 Å². The highest BCUT2D eigenvalue weighted by Gasteiger charge is 2.53. The molecule has 1 amide bonds. The predicted octanol–water partition coefficient (Wildman–Crippen LogP) is 1.41. The van der Waals surface area contributed by atoms with Gasteiger partial charge in [-0.2, -0.15) is 0 Å². The molecule has 0 aromatic heterocycles. The van der Waals surface area contributed by atoms with Crippen LogP contribution in [-0.2, 0) is 4.79 Å². The molecule has 0 saturated heterocycles. The molecule has 2 aliphatic rings. The maximum Gasteiger partial charge on any atom is 0.236 e. The molecule has 2 fully saturated rings. The third-order valence-electron chi connectivity index (χ3n) is 4.25. The van der Waals surface area contributed by atoms with Crippen molar-refractivity contribution in [2.24, 2.45) is 28.1 Å². The average molecular weight is 253 g/mol. The number of nitrogens with zero attached hydrogens (tertiary/aromatic N) is 2. The van der Waals surface area contributed by atoms with E-state index in [1.165, 1.54) is 12.8 Å². The fraction of sp³-hybridized carbons (Fsp3) is 0.846. The number of oxime groups is 1. The fourth-order valence-electron chi connectivity index (χ4n) is 2.99. The third-order valence-corrected chi connectivity index (χ3v) is 4.25. The Labute approximate surface area is 108 Å². The van der Waals surface area contributed by atoms with Gasteiger partial charge in [0.05, 0.1) is 0 Å². The normalized spacial score (nSPS) is 31.9. The molecule has 0 aromatic rings. The zero-order valence-corrected chi connectivity index (χ0v) is 11.2. The monoisotopic (exact) mass is 253 g/mol. The third kappa shape index (κ3) is 2.18. The van der Waals surface area contributed by atoms with Gasteiger partial charge in [-0.15, -0.1) is 0 Å². The van der Waals surface area contributed by atoms with Crippen molar-refractivity contribution in [1.82, 2.24) is 4.90 Å². The first kappa shape index (κ1) is 13.2. The second-order valence-corrected chi connectivity index (χ2v) is 5.87. The van der Waals surface area contributed by atoms with E-state index in [0.717, 1.165) is 6.54 Å². The van der Waals surface area contributed by atoms with Crippen LogP contribution >= 0.6 is 0 Å². The number of amidine groups is 1. The molecule has 0 heterocycles. The molecule has 2 aliphatic carbocycles. The van der Waals surface area contributed by atoms with Gasteiger partial charge in [0, 0.05) is 13.1 Å². The first-order valence-corrected chi connectivity index (χ1v) is 6.81. The first-order valence-electron chi connectivity index (χ1n) is 6.81. The molecule has 0 aliphatic heterocycles. The van der Waals surface area contributed by atoms with E-state index in [-0.39, 0.29) is 11.7 Å². The molecule has 0 radical (unpaired) electrons. The van der Waals surface area contributed by atoms with Gasteiger partial charge in [0.2, 0.25) is 5.91 Å². The Balaban J connectivity index is 2.12. The molecule has 2 rings (SSSR count). The number of hydrogen-bond donors (Lipinski definition) is 2. The van der Waals surface area contributed by atoms with Gasteiger partial charge >= 0.3 is 0 Å². The van der Waals surface area contributed by atoms with Gasteiger partial charge in [0.15, 0.2) is 5.84 Å². The Morgan fingerprint density at radius 2 is 2.11 bits per heavy atom. The van der Waals surface area contributed by atoms with Crippen LogP contribution in [0.2, 0.25) is 0 Å². The Morgan fingerprint density at radius 3 is 2.50 bits per heavy atom. The van der Waals surface area contributed by atoms with Gasteiger partial charge in [-0.3, -0.25) is 4.79 Å². The summed E-state index contributed by atoms with van der Waals surface area (Å²) in [5, 5.41) is 12.0. The second-order valence-electron chi connectivity index (χ2n) is 5.87. The number of amides is 1. The van der Waals surface area contributed by atoms with Gasteiger partial charge < -0.3 is 15.8 Å². The summed E-state index contributed by atoms with van der Waals surface area (Å²) in [6.07, 6.45) is 3.83. The molecule has 0 atom stereocenters. The number of carbonyl (C=O) groups excluding carboxylic acids is 1. The topological polar surface area (TPSA) is 78.9 Å². The number of hydrogen-bond acceptors (Lipinski definition) is 3. The van der Waals surface area contributed by atoms with Crippen LogP contribution in [0.4, 0.5) is 0 Å². The summed E-state index contributed by atoms with van der Waals surface area (Å²) in [5.41, 5.74) is 5.03. The highest BCUT2D eigenvalue weighted by Crippen LogP contribution is 2.47. The minimum Gasteiger partial charge on any atom is -0.409 e. The van der Waals surface area contributed by atoms with Crippen molar-refractivity contribution >= 4 is 11.7 Å². The van der Waals surface area contributed by atoms with Crippen molar-refractivity contribution in [2.75, 3.05) is 13.1 Å². The minimum atomic E-state index is -0.737. The largest absolute Gasteiger partial charge is 0.409 e. The van der Waals surface area contributed by atoms with Crippen LogP contribution in [0.1, 0.15) is 39.5 Å². The summed E-state index contributed by atoms with van der Waals surface area (Å²) >= 11 is 0. The molecule has 18 heavy (non-hydrogen) atoms. The lowest BCUT2D eigenvalue weighted by molar-refractivity contribution is -0.144. The van der Waals surface area contributed by atoms with Gasteiger partial charge in [-0.05, 0) is 44.4 Å². The van der Waals surface area contributed by atoms with E-state index in [9.17, 15) is 4.79 Å². The van der Waals surface area contributed by atoms with Gasteiger partial charge in [0.25, 0.3) is 0 Å². The van der Waals surface area contributed by atoms with Gasteiger partial charge in [-0.25, -0.2) is 0 Å². The molecule has 3 N–H and O–H groups in total. The fourth-order valence-corrected chi connectivity index (χ4v) is 2.99. The van der Waals surface area contributed by atoms with Crippen LogP contribution in [0, 0.1) is 17.3 Å². The summed E-state index contributed by atoms with van der Waals surface area (Å²) in [5.74, 6) is 1.26. The SMILES string of the molecule is CCN(CC1CC1)C(=O)C1(C(N)=NO)CC(C)C1. The molecule has 0 unspecified atom stereocenters. The Hall–Kier alpha value is -1.26. The number of carbonyl (C=O) groups is 1. The van der Waals surface area contributed by atoms with E-state index < -0.39 is 5.41 Å². The molecule has 0 bridgehead atoms. The molecule has 2 saturated carbocycles. The van der Waals surface area contributed by atoms with Crippen LogP contribution in [0.15, 0.2) is 5.16 Å². The van der Waals surface area contributed by atoms with E-state index in [0.29, 0.717) is 31.2 Å². The Morgan fingerprint density at radius 1 is 1.50 bits per heavy atom. The first-order chi connectivity index (χ1) is 8.53. The zero-order valence-electron chi connectivity index (χ0n) is 11.2. The molecule has 5 heteroatoms. The van der Waals surface area contributed by atoms with Crippen molar-refractivity contribution < 1.29 is 10.0 Å². The summed E-state index contributed by atoms with van der Waals surface area (Å²) in [7, 11) is 0. The summed E-state index contributed by atoms with van der Waals surface area (Å²) in [4.78, 5) is 14.5. The van der Waals surface area contributed by atoms with Crippen molar-refractivity contribution in [2.45, 2.75) is 39.5 Å². The van der Waals surface area contributed by atoms with Gasteiger partial charge in [0.1, 0.15) is 5.41 Å². The summed E-state index contributed by atoms with van der Waals surface area (Å²) in [6.45, 7) is 5.60. The predicted molar refractivity (Wildman–Crippen MR) is 69.2 cm³/mol. The highest BCUT2D eigenvalue weighted by atomic mass is 16.4. The van der Waals surface area contributed by atoms with Crippen molar-refractivity contribution in [3.05, 3.63) is 0 Å². The van der Waals surface area contributed by atoms with Crippen LogP contribution in [-0.4, -0.2) is 34.9 Å². The number of rotatable bonds is 5. The van der Waals surface area contributed by atoms with Crippen LogP contribution in [0.25, 0.3) is 0 Å². The lowest BCUT2D eigenvalue weighted by Crippen LogP contribution is -2.58. The summed E-state index contributed by atoms with van der Waals surface area (Å²) < 4.78 is 0. The maximum absolute atomic E-state index is 12.6. The number of nitrogens with two attached hydrogens (primary N) is 1. The molecule has 0 aromatic carbocycles. The lowest BCUT2D eigenvalue weighted by Gasteiger charge is -2.46. The van der Waals surface area contributed by atoms with E-state index in [4.69, 9.17) is 10.9 Å². The average Bonchev–Trinajstić information content (AvgIpc) is 3.13. The zero-order chi connectivity index (χ0) is 13.3. The smallest absolute Gasteiger partial charge is 0.236 e. The standard InChI is InChI=1S/C13H23N3O2/c1-3-16(8-10-4-5-10)12(17)13(11(14)15-18)6-9(2)7-13/h9-10,18H,3-8H2,1-2H3,(H2,14,15). The minimum absolute atomic E-state index is 0.0466. The van der Waals surface area contributed by atoms with Crippen molar-refractivity contribution in [1.29, 1.82) is 0 Å².